The quantitative estimate of drug-likeness (QED) is 0.367. The van der Waals surface area contributed by atoms with E-state index >= 15 is 0 Å². The third-order valence-corrected chi connectivity index (χ3v) is 4.42. The molecule has 0 saturated carbocycles. The molecular formula is C20H17N3O5. The van der Waals surface area contributed by atoms with Gasteiger partial charge in [0.1, 0.15) is 5.69 Å². The first-order valence-electron chi connectivity index (χ1n) is 8.56. The molecule has 3 rings (SSSR count). The van der Waals surface area contributed by atoms with Crippen molar-refractivity contribution in [2.24, 2.45) is 0 Å². The number of carbonyl (C=O) groups is 1. The van der Waals surface area contributed by atoms with Crippen LogP contribution in [0.1, 0.15) is 21.5 Å². The highest BCUT2D eigenvalue weighted by atomic mass is 16.6. The van der Waals surface area contributed by atoms with E-state index in [0.717, 1.165) is 0 Å². The molecule has 8 heteroatoms. The van der Waals surface area contributed by atoms with E-state index in [2.05, 4.69) is 6.07 Å². The first-order valence-corrected chi connectivity index (χ1v) is 8.56. The van der Waals surface area contributed by atoms with E-state index in [1.54, 1.807) is 18.2 Å². The molecule has 0 bridgehead atoms. The van der Waals surface area contributed by atoms with Gasteiger partial charge in [-0.2, -0.15) is 5.26 Å². The van der Waals surface area contributed by atoms with E-state index in [-0.39, 0.29) is 16.8 Å². The van der Waals surface area contributed by atoms with Crippen molar-refractivity contribution in [3.63, 3.8) is 0 Å². The zero-order valence-corrected chi connectivity index (χ0v) is 14.9. The minimum Gasteiger partial charge on any atom is -0.478 e. The van der Waals surface area contributed by atoms with Crippen LogP contribution < -0.4 is 4.90 Å². The van der Waals surface area contributed by atoms with Gasteiger partial charge in [0.05, 0.1) is 35.3 Å². The highest BCUT2D eigenvalue weighted by Crippen LogP contribution is 2.31. The van der Waals surface area contributed by atoms with Gasteiger partial charge in [0.25, 0.3) is 5.69 Å². The molecule has 1 aliphatic rings. The number of nitriles is 1. The molecule has 8 nitrogen and oxygen atoms in total. The largest absolute Gasteiger partial charge is 0.478 e. The molecule has 0 spiro atoms. The Labute approximate surface area is 161 Å². The van der Waals surface area contributed by atoms with Crippen LogP contribution in [-0.2, 0) is 4.74 Å². The predicted octanol–water partition coefficient (Wildman–Crippen LogP) is 3.19. The van der Waals surface area contributed by atoms with E-state index in [1.165, 1.54) is 30.3 Å². The van der Waals surface area contributed by atoms with Gasteiger partial charge in [0.2, 0.25) is 0 Å². The smallest absolute Gasteiger partial charge is 0.335 e. The summed E-state index contributed by atoms with van der Waals surface area (Å²) in [5.74, 6) is -1.05. The molecule has 0 unspecified atom stereocenters. The maximum absolute atomic E-state index is 11.5. The fourth-order valence-electron chi connectivity index (χ4n) is 2.99. The molecule has 28 heavy (non-hydrogen) atoms. The molecule has 1 fully saturated rings. The van der Waals surface area contributed by atoms with Crippen LogP contribution in [0.4, 0.5) is 11.4 Å². The SMILES string of the molecule is N#C/C(=C/c1ccc(N2CCOCC2)c([N+](=O)[O-])c1)c1ccc(C(=O)O)cc1. The lowest BCUT2D eigenvalue weighted by molar-refractivity contribution is -0.384. The van der Waals surface area contributed by atoms with Crippen molar-refractivity contribution >= 4 is 29.0 Å². The molecule has 1 aliphatic heterocycles. The van der Waals surface area contributed by atoms with Crippen LogP contribution in [0.15, 0.2) is 42.5 Å². The average Bonchev–Trinajstić information content (AvgIpc) is 2.72. The van der Waals surface area contributed by atoms with Gasteiger partial charge in [-0.15, -0.1) is 0 Å². The zero-order chi connectivity index (χ0) is 20.1. The standard InChI is InChI=1S/C20H17N3O5/c21-13-17(15-2-4-16(5-3-15)20(24)25)11-14-1-6-18(19(12-14)23(26)27)22-7-9-28-10-8-22/h1-6,11-12H,7-10H2,(H,24,25)/b17-11-. The number of morpholine rings is 1. The van der Waals surface area contributed by atoms with Crippen molar-refractivity contribution in [1.29, 1.82) is 5.26 Å². The van der Waals surface area contributed by atoms with Crippen LogP contribution in [0.3, 0.4) is 0 Å². The van der Waals surface area contributed by atoms with Gasteiger partial charge in [-0.05, 0) is 35.4 Å². The molecule has 1 N–H and O–H groups in total. The monoisotopic (exact) mass is 379 g/mol. The number of aromatic carboxylic acids is 1. The molecule has 0 aliphatic carbocycles. The van der Waals surface area contributed by atoms with Crippen LogP contribution in [0.25, 0.3) is 11.6 Å². The molecule has 0 radical (unpaired) electrons. The summed E-state index contributed by atoms with van der Waals surface area (Å²) in [5.41, 5.74) is 1.94. The Morgan fingerprint density at radius 2 is 1.82 bits per heavy atom. The zero-order valence-electron chi connectivity index (χ0n) is 14.9. The second kappa shape index (κ2) is 8.33. The van der Waals surface area contributed by atoms with Crippen LogP contribution in [0, 0.1) is 21.4 Å². The van der Waals surface area contributed by atoms with E-state index in [4.69, 9.17) is 9.84 Å². The Hall–Kier alpha value is -3.70. The maximum atomic E-state index is 11.5. The summed E-state index contributed by atoms with van der Waals surface area (Å²) < 4.78 is 5.29. The first-order chi connectivity index (χ1) is 13.5. The third-order valence-electron chi connectivity index (χ3n) is 4.42. The van der Waals surface area contributed by atoms with Crippen molar-refractivity contribution in [3.05, 3.63) is 69.3 Å². The second-order valence-electron chi connectivity index (χ2n) is 6.16. The van der Waals surface area contributed by atoms with Crippen molar-refractivity contribution in [2.75, 3.05) is 31.2 Å². The normalized spacial score (nSPS) is 14.4. The van der Waals surface area contributed by atoms with E-state index in [0.29, 0.717) is 43.1 Å². The first kappa shape index (κ1) is 19.1. The molecule has 1 heterocycles. The Morgan fingerprint density at radius 3 is 2.39 bits per heavy atom. The summed E-state index contributed by atoms with van der Waals surface area (Å²) >= 11 is 0. The number of allylic oxidation sites excluding steroid dienone is 1. The van der Waals surface area contributed by atoms with Gasteiger partial charge in [-0.25, -0.2) is 4.79 Å². The van der Waals surface area contributed by atoms with Crippen LogP contribution in [0.5, 0.6) is 0 Å². The second-order valence-corrected chi connectivity index (χ2v) is 6.16. The lowest BCUT2D eigenvalue weighted by atomic mass is 10.0. The Bertz CT molecular complexity index is 970. The number of nitrogens with zero attached hydrogens (tertiary/aromatic N) is 3. The van der Waals surface area contributed by atoms with Gasteiger partial charge < -0.3 is 14.7 Å². The fourth-order valence-corrected chi connectivity index (χ4v) is 2.99. The highest BCUT2D eigenvalue weighted by Gasteiger charge is 2.21. The van der Waals surface area contributed by atoms with Gasteiger partial charge in [-0.3, -0.25) is 10.1 Å². The van der Waals surface area contributed by atoms with Crippen LogP contribution in [-0.4, -0.2) is 42.3 Å². The number of nitro groups is 1. The lowest BCUT2D eigenvalue weighted by Crippen LogP contribution is -2.36. The lowest BCUT2D eigenvalue weighted by Gasteiger charge is -2.28. The Kier molecular flexibility index (Phi) is 5.67. The number of benzene rings is 2. The minimum atomic E-state index is -1.05. The molecule has 0 atom stereocenters. The molecule has 1 saturated heterocycles. The van der Waals surface area contributed by atoms with Crippen LogP contribution in [0.2, 0.25) is 0 Å². The van der Waals surface area contributed by atoms with Gasteiger partial charge in [0, 0.05) is 19.2 Å². The van der Waals surface area contributed by atoms with Crippen molar-refractivity contribution in [2.45, 2.75) is 0 Å². The summed E-state index contributed by atoms with van der Waals surface area (Å²) in [5, 5.41) is 30.0. The van der Waals surface area contributed by atoms with E-state index < -0.39 is 10.9 Å². The van der Waals surface area contributed by atoms with Gasteiger partial charge in [-0.1, -0.05) is 18.2 Å². The topological polar surface area (TPSA) is 117 Å². The Balaban J connectivity index is 1.95. The summed E-state index contributed by atoms with van der Waals surface area (Å²) in [7, 11) is 0. The van der Waals surface area contributed by atoms with Gasteiger partial charge in [0.15, 0.2) is 0 Å². The molecule has 142 valence electrons. The predicted molar refractivity (Wildman–Crippen MR) is 103 cm³/mol. The third kappa shape index (κ3) is 4.16. The van der Waals surface area contributed by atoms with Crippen molar-refractivity contribution in [3.8, 4) is 6.07 Å². The minimum absolute atomic E-state index is 0.0332. The molecule has 2 aromatic carbocycles. The summed E-state index contributed by atoms with van der Waals surface area (Å²) in [6.45, 7) is 2.19. The summed E-state index contributed by atoms with van der Waals surface area (Å²) in [6, 6.07) is 12.8. The number of hydrogen-bond donors (Lipinski definition) is 1. The highest BCUT2D eigenvalue weighted by molar-refractivity contribution is 5.92. The summed E-state index contributed by atoms with van der Waals surface area (Å²) in [4.78, 5) is 24.0. The van der Waals surface area contributed by atoms with Crippen LogP contribution >= 0.6 is 0 Å². The number of carboxylic acids is 1. The number of nitro benzene ring substituents is 1. The molecule has 0 aromatic heterocycles. The number of anilines is 1. The fraction of sp³-hybridized carbons (Fsp3) is 0.200. The summed E-state index contributed by atoms with van der Waals surface area (Å²) in [6.07, 6.45) is 1.55. The molecule has 2 aromatic rings. The number of ether oxygens (including phenoxy) is 1. The molecular weight excluding hydrogens is 362 g/mol. The average molecular weight is 379 g/mol. The number of hydrogen-bond acceptors (Lipinski definition) is 6. The van der Waals surface area contributed by atoms with Crippen molar-refractivity contribution < 1.29 is 19.6 Å². The van der Waals surface area contributed by atoms with E-state index in [1.807, 2.05) is 4.90 Å². The Morgan fingerprint density at radius 1 is 1.18 bits per heavy atom. The van der Waals surface area contributed by atoms with Crippen molar-refractivity contribution in [1.82, 2.24) is 0 Å². The van der Waals surface area contributed by atoms with E-state index in [9.17, 15) is 20.2 Å². The van der Waals surface area contributed by atoms with Gasteiger partial charge >= 0.3 is 5.97 Å². The maximum Gasteiger partial charge on any atom is 0.335 e. The molecule has 0 amide bonds. The number of carboxylic acid groups (broad SMARTS) is 1. The number of rotatable bonds is 5.